The van der Waals surface area contributed by atoms with Crippen molar-refractivity contribution >= 4 is 11.3 Å². The molecule has 2 aromatic rings. The van der Waals surface area contributed by atoms with Crippen LogP contribution in [0.2, 0.25) is 0 Å². The van der Waals surface area contributed by atoms with Crippen molar-refractivity contribution in [3.8, 4) is 0 Å². The van der Waals surface area contributed by atoms with Crippen molar-refractivity contribution in [2.24, 2.45) is 0 Å². The van der Waals surface area contributed by atoms with E-state index in [1.54, 1.807) is 16.9 Å². The third kappa shape index (κ3) is 2.33. The molecule has 1 unspecified atom stereocenters. The van der Waals surface area contributed by atoms with E-state index in [0.29, 0.717) is 0 Å². The largest absolute Gasteiger partial charge is 0.316 e. The Labute approximate surface area is 112 Å². The van der Waals surface area contributed by atoms with E-state index < -0.39 is 0 Å². The van der Waals surface area contributed by atoms with Gasteiger partial charge in [0.1, 0.15) is 0 Å². The number of hydrogen-bond acceptors (Lipinski definition) is 3. The van der Waals surface area contributed by atoms with Gasteiger partial charge in [0.15, 0.2) is 0 Å². The third-order valence-electron chi connectivity index (χ3n) is 3.73. The molecule has 0 radical (unpaired) electrons. The van der Waals surface area contributed by atoms with Gasteiger partial charge >= 0.3 is 0 Å². The predicted molar refractivity (Wildman–Crippen MR) is 76.3 cm³/mol. The number of thiazole rings is 1. The summed E-state index contributed by atoms with van der Waals surface area (Å²) in [6, 6.07) is 8.78. The second-order valence-corrected chi connectivity index (χ2v) is 5.85. The number of benzene rings is 1. The highest BCUT2D eigenvalue weighted by atomic mass is 32.1. The molecule has 0 saturated heterocycles. The van der Waals surface area contributed by atoms with Crippen molar-refractivity contribution in [3.63, 3.8) is 0 Å². The van der Waals surface area contributed by atoms with Crippen LogP contribution in [0, 0.1) is 6.92 Å². The Morgan fingerprint density at radius 1 is 1.39 bits per heavy atom. The van der Waals surface area contributed by atoms with Crippen LogP contribution in [0.5, 0.6) is 0 Å². The Kier molecular flexibility index (Phi) is 3.43. The summed E-state index contributed by atoms with van der Waals surface area (Å²) in [6.45, 7) is 4.25. The molecule has 0 saturated carbocycles. The zero-order chi connectivity index (χ0) is 12.4. The Morgan fingerprint density at radius 2 is 2.28 bits per heavy atom. The van der Waals surface area contributed by atoms with E-state index in [4.69, 9.17) is 0 Å². The molecule has 1 N–H and O–H groups in total. The first-order valence-electron chi connectivity index (χ1n) is 6.52. The minimum absolute atomic E-state index is 0.726. The second-order valence-electron chi connectivity index (χ2n) is 4.91. The molecule has 0 fully saturated rings. The average molecular weight is 258 g/mol. The van der Waals surface area contributed by atoms with Crippen LogP contribution in [0.4, 0.5) is 0 Å². The fourth-order valence-corrected chi connectivity index (χ4v) is 3.37. The first-order chi connectivity index (χ1) is 8.84. The molecule has 0 aliphatic heterocycles. The minimum atomic E-state index is 0.726. The average Bonchev–Trinajstić information content (AvgIpc) is 2.75. The molecular formula is C15H18N2S. The molecule has 0 bridgehead atoms. The number of aryl methyl sites for hydroxylation is 1. The van der Waals surface area contributed by atoms with Crippen molar-refractivity contribution in [1.29, 1.82) is 0 Å². The van der Waals surface area contributed by atoms with Gasteiger partial charge in [0, 0.05) is 23.9 Å². The summed E-state index contributed by atoms with van der Waals surface area (Å²) >= 11 is 1.77. The SMILES string of the molecule is Cc1ncsc1CCNCC1Cc2ccccc21. The van der Waals surface area contributed by atoms with Crippen molar-refractivity contribution in [3.05, 3.63) is 51.5 Å². The quantitative estimate of drug-likeness (QED) is 0.834. The van der Waals surface area contributed by atoms with Gasteiger partial charge in [-0.2, -0.15) is 0 Å². The van der Waals surface area contributed by atoms with Crippen LogP contribution in [0.3, 0.4) is 0 Å². The molecule has 3 rings (SSSR count). The lowest BCUT2D eigenvalue weighted by Gasteiger charge is -2.30. The van der Waals surface area contributed by atoms with E-state index in [1.165, 1.54) is 22.6 Å². The summed E-state index contributed by atoms with van der Waals surface area (Å²) in [5, 5.41) is 3.57. The normalized spacial score (nSPS) is 17.3. The maximum Gasteiger partial charge on any atom is 0.0797 e. The van der Waals surface area contributed by atoms with Crippen LogP contribution in [-0.4, -0.2) is 18.1 Å². The van der Waals surface area contributed by atoms with Gasteiger partial charge in [-0.15, -0.1) is 11.3 Å². The summed E-state index contributed by atoms with van der Waals surface area (Å²) < 4.78 is 0. The number of rotatable bonds is 5. The highest BCUT2D eigenvalue weighted by molar-refractivity contribution is 7.09. The molecule has 1 aromatic carbocycles. The number of nitrogens with zero attached hydrogens (tertiary/aromatic N) is 1. The maximum atomic E-state index is 4.28. The van der Waals surface area contributed by atoms with Gasteiger partial charge < -0.3 is 5.32 Å². The first-order valence-corrected chi connectivity index (χ1v) is 7.40. The topological polar surface area (TPSA) is 24.9 Å². The summed E-state index contributed by atoms with van der Waals surface area (Å²) in [6.07, 6.45) is 2.34. The molecule has 1 atom stereocenters. The smallest absolute Gasteiger partial charge is 0.0797 e. The van der Waals surface area contributed by atoms with Gasteiger partial charge in [-0.3, -0.25) is 0 Å². The summed E-state index contributed by atoms with van der Waals surface area (Å²) in [5.74, 6) is 0.726. The van der Waals surface area contributed by atoms with Crippen molar-refractivity contribution in [2.75, 3.05) is 13.1 Å². The monoisotopic (exact) mass is 258 g/mol. The fraction of sp³-hybridized carbons (Fsp3) is 0.400. The summed E-state index contributed by atoms with van der Waals surface area (Å²) in [4.78, 5) is 5.69. The van der Waals surface area contributed by atoms with E-state index in [0.717, 1.165) is 25.4 Å². The van der Waals surface area contributed by atoms with E-state index in [2.05, 4.69) is 41.5 Å². The van der Waals surface area contributed by atoms with Gasteiger partial charge in [0.05, 0.1) is 11.2 Å². The standard InChI is InChI=1S/C15H18N2S/c1-11-15(18-10-17-11)6-7-16-9-13-8-12-4-2-3-5-14(12)13/h2-5,10,13,16H,6-9H2,1H3. The predicted octanol–water partition coefficient (Wildman–Crippen LogP) is 2.92. The lowest BCUT2D eigenvalue weighted by Crippen LogP contribution is -2.30. The molecule has 0 amide bonds. The Hall–Kier alpha value is -1.19. The highest BCUT2D eigenvalue weighted by Gasteiger charge is 2.24. The number of hydrogen-bond donors (Lipinski definition) is 1. The van der Waals surface area contributed by atoms with Crippen molar-refractivity contribution in [1.82, 2.24) is 10.3 Å². The highest BCUT2D eigenvalue weighted by Crippen LogP contribution is 2.33. The second kappa shape index (κ2) is 5.21. The Bertz CT molecular complexity index is 533. The van der Waals surface area contributed by atoms with E-state index in [1.807, 2.05) is 5.51 Å². The first kappa shape index (κ1) is 11.9. The Morgan fingerprint density at radius 3 is 3.06 bits per heavy atom. The van der Waals surface area contributed by atoms with E-state index in [-0.39, 0.29) is 0 Å². The number of fused-ring (bicyclic) bond motifs is 1. The number of aromatic nitrogens is 1. The summed E-state index contributed by atoms with van der Waals surface area (Å²) in [5.41, 5.74) is 6.20. The molecule has 1 heterocycles. The molecular weight excluding hydrogens is 240 g/mol. The number of nitrogens with one attached hydrogen (secondary N) is 1. The molecule has 3 heteroatoms. The zero-order valence-corrected chi connectivity index (χ0v) is 11.5. The van der Waals surface area contributed by atoms with Crippen LogP contribution in [-0.2, 0) is 12.8 Å². The van der Waals surface area contributed by atoms with Gasteiger partial charge in [-0.1, -0.05) is 24.3 Å². The molecule has 2 nitrogen and oxygen atoms in total. The van der Waals surface area contributed by atoms with Crippen LogP contribution in [0.1, 0.15) is 27.6 Å². The van der Waals surface area contributed by atoms with Gasteiger partial charge in [-0.25, -0.2) is 4.98 Å². The van der Waals surface area contributed by atoms with Gasteiger partial charge in [0.2, 0.25) is 0 Å². The molecule has 18 heavy (non-hydrogen) atoms. The minimum Gasteiger partial charge on any atom is -0.316 e. The summed E-state index contributed by atoms with van der Waals surface area (Å²) in [7, 11) is 0. The van der Waals surface area contributed by atoms with Crippen LogP contribution >= 0.6 is 11.3 Å². The fourth-order valence-electron chi connectivity index (χ4n) is 2.59. The zero-order valence-electron chi connectivity index (χ0n) is 10.6. The lowest BCUT2D eigenvalue weighted by atomic mass is 9.77. The van der Waals surface area contributed by atoms with Crippen LogP contribution in [0.15, 0.2) is 29.8 Å². The van der Waals surface area contributed by atoms with Crippen LogP contribution in [0.25, 0.3) is 0 Å². The molecule has 1 aromatic heterocycles. The molecule has 1 aliphatic rings. The van der Waals surface area contributed by atoms with Gasteiger partial charge in [0.25, 0.3) is 0 Å². The molecule has 1 aliphatic carbocycles. The maximum absolute atomic E-state index is 4.28. The molecule has 94 valence electrons. The lowest BCUT2D eigenvalue weighted by molar-refractivity contribution is 0.538. The van der Waals surface area contributed by atoms with Crippen LogP contribution < -0.4 is 5.32 Å². The van der Waals surface area contributed by atoms with E-state index >= 15 is 0 Å². The van der Waals surface area contributed by atoms with E-state index in [9.17, 15) is 0 Å². The Balaban J connectivity index is 1.43. The van der Waals surface area contributed by atoms with Gasteiger partial charge in [-0.05, 0) is 30.9 Å². The van der Waals surface area contributed by atoms with Crippen molar-refractivity contribution < 1.29 is 0 Å². The third-order valence-corrected chi connectivity index (χ3v) is 4.72. The molecule has 0 spiro atoms. The van der Waals surface area contributed by atoms with Crippen molar-refractivity contribution in [2.45, 2.75) is 25.7 Å².